The Morgan fingerprint density at radius 1 is 1.09 bits per heavy atom. The molecule has 1 aliphatic heterocycles. The monoisotopic (exact) mass is 296 g/mol. The Bertz CT molecular complexity index is 634. The first-order valence-corrected chi connectivity index (χ1v) is 7.81. The van der Waals surface area contributed by atoms with Crippen LogP contribution in [-0.4, -0.2) is 25.1 Å². The van der Waals surface area contributed by atoms with Crippen LogP contribution in [0.3, 0.4) is 0 Å². The molecule has 0 saturated carbocycles. The van der Waals surface area contributed by atoms with Crippen LogP contribution in [0.25, 0.3) is 0 Å². The van der Waals surface area contributed by atoms with E-state index in [4.69, 9.17) is 10.5 Å². The van der Waals surface area contributed by atoms with E-state index in [-0.39, 0.29) is 5.54 Å². The lowest BCUT2D eigenvalue weighted by molar-refractivity contribution is 0.201. The first kappa shape index (κ1) is 15.1. The number of methoxy groups -OCH3 is 1. The van der Waals surface area contributed by atoms with Crippen molar-refractivity contribution < 1.29 is 4.74 Å². The van der Waals surface area contributed by atoms with Gasteiger partial charge < -0.3 is 10.5 Å². The van der Waals surface area contributed by atoms with E-state index in [1.54, 1.807) is 7.11 Å². The molecule has 3 heteroatoms. The number of benzene rings is 2. The second-order valence-electron chi connectivity index (χ2n) is 6.38. The molecule has 0 radical (unpaired) electrons. The molecule has 0 fully saturated rings. The third-order valence-corrected chi connectivity index (χ3v) is 4.51. The van der Waals surface area contributed by atoms with E-state index in [0.717, 1.165) is 37.4 Å². The van der Waals surface area contributed by atoms with Gasteiger partial charge in [-0.1, -0.05) is 36.4 Å². The van der Waals surface area contributed by atoms with Crippen molar-refractivity contribution in [2.24, 2.45) is 5.73 Å². The lowest BCUT2D eigenvalue weighted by Gasteiger charge is -2.36. The molecule has 1 unspecified atom stereocenters. The lowest BCUT2D eigenvalue weighted by Crippen LogP contribution is -2.46. The molecule has 0 aliphatic carbocycles. The van der Waals surface area contributed by atoms with Crippen LogP contribution < -0.4 is 10.5 Å². The highest BCUT2D eigenvalue weighted by molar-refractivity contribution is 5.32. The zero-order chi connectivity index (χ0) is 15.6. The minimum absolute atomic E-state index is 0.363. The van der Waals surface area contributed by atoms with E-state index in [1.807, 2.05) is 12.1 Å². The minimum Gasteiger partial charge on any atom is -0.497 e. The fraction of sp³-hybridized carbons (Fsp3) is 0.368. The lowest BCUT2D eigenvalue weighted by atomic mass is 9.91. The summed E-state index contributed by atoms with van der Waals surface area (Å²) in [5.74, 6) is 0.867. The average Bonchev–Trinajstić information content (AvgIpc) is 2.54. The largest absolute Gasteiger partial charge is 0.497 e. The third kappa shape index (κ3) is 3.16. The maximum absolute atomic E-state index is 6.60. The van der Waals surface area contributed by atoms with Crippen molar-refractivity contribution >= 4 is 0 Å². The molecule has 1 aliphatic rings. The number of nitrogens with zero attached hydrogens (tertiary/aromatic N) is 1. The van der Waals surface area contributed by atoms with Crippen molar-refractivity contribution in [2.45, 2.75) is 25.4 Å². The van der Waals surface area contributed by atoms with Gasteiger partial charge in [-0.05, 0) is 42.2 Å². The molecule has 0 spiro atoms. The third-order valence-electron chi connectivity index (χ3n) is 4.51. The van der Waals surface area contributed by atoms with Gasteiger partial charge in [0.2, 0.25) is 0 Å². The highest BCUT2D eigenvalue weighted by Crippen LogP contribution is 2.25. The molecular weight excluding hydrogens is 272 g/mol. The second kappa shape index (κ2) is 6.11. The topological polar surface area (TPSA) is 38.5 Å². The van der Waals surface area contributed by atoms with Gasteiger partial charge >= 0.3 is 0 Å². The Kier molecular flexibility index (Phi) is 4.19. The van der Waals surface area contributed by atoms with Crippen LogP contribution in [0.15, 0.2) is 48.5 Å². The molecule has 3 nitrogen and oxygen atoms in total. The molecule has 2 aromatic carbocycles. The highest BCUT2D eigenvalue weighted by atomic mass is 16.5. The molecule has 22 heavy (non-hydrogen) atoms. The zero-order valence-electron chi connectivity index (χ0n) is 13.4. The van der Waals surface area contributed by atoms with Crippen LogP contribution in [0.1, 0.15) is 23.6 Å². The Morgan fingerprint density at radius 2 is 1.77 bits per heavy atom. The Balaban J connectivity index is 1.71. The molecular formula is C19H24N2O. The van der Waals surface area contributed by atoms with Crippen LogP contribution in [0, 0.1) is 0 Å². The molecule has 3 rings (SSSR count). The predicted molar refractivity (Wildman–Crippen MR) is 90.0 cm³/mol. The molecule has 116 valence electrons. The number of fused-ring (bicyclic) bond motifs is 1. The molecule has 0 aromatic heterocycles. The van der Waals surface area contributed by atoms with Gasteiger partial charge in [0, 0.05) is 19.6 Å². The van der Waals surface area contributed by atoms with E-state index in [1.165, 1.54) is 11.1 Å². The Labute approximate surface area is 132 Å². The smallest absolute Gasteiger partial charge is 0.118 e. The second-order valence-corrected chi connectivity index (χ2v) is 6.38. The molecule has 1 heterocycles. The van der Waals surface area contributed by atoms with Gasteiger partial charge in [-0.25, -0.2) is 0 Å². The highest BCUT2D eigenvalue weighted by Gasteiger charge is 2.26. The summed E-state index contributed by atoms with van der Waals surface area (Å²) < 4.78 is 5.22. The fourth-order valence-electron chi connectivity index (χ4n) is 3.22. The quantitative estimate of drug-likeness (QED) is 0.943. The number of hydrogen-bond acceptors (Lipinski definition) is 3. The number of ether oxygens (including phenoxy) is 1. The Morgan fingerprint density at radius 3 is 2.45 bits per heavy atom. The van der Waals surface area contributed by atoms with Crippen LogP contribution in [0.2, 0.25) is 0 Å². The zero-order valence-corrected chi connectivity index (χ0v) is 13.4. The van der Waals surface area contributed by atoms with Crippen LogP contribution >= 0.6 is 0 Å². The van der Waals surface area contributed by atoms with E-state index in [9.17, 15) is 0 Å². The maximum Gasteiger partial charge on any atom is 0.118 e. The Hall–Kier alpha value is -1.84. The van der Waals surface area contributed by atoms with Gasteiger partial charge in [0.25, 0.3) is 0 Å². The van der Waals surface area contributed by atoms with E-state index >= 15 is 0 Å². The van der Waals surface area contributed by atoms with E-state index < -0.39 is 0 Å². The summed E-state index contributed by atoms with van der Waals surface area (Å²) in [4.78, 5) is 2.45. The molecule has 2 N–H and O–H groups in total. The van der Waals surface area contributed by atoms with Gasteiger partial charge in [0.1, 0.15) is 5.75 Å². The van der Waals surface area contributed by atoms with Crippen molar-refractivity contribution in [3.63, 3.8) is 0 Å². The van der Waals surface area contributed by atoms with Gasteiger partial charge in [-0.15, -0.1) is 0 Å². The van der Waals surface area contributed by atoms with Gasteiger partial charge in [0.05, 0.1) is 12.6 Å². The van der Waals surface area contributed by atoms with E-state index in [0.29, 0.717) is 0 Å². The summed E-state index contributed by atoms with van der Waals surface area (Å²) in [5, 5.41) is 0. The van der Waals surface area contributed by atoms with Gasteiger partial charge in [0.15, 0.2) is 0 Å². The molecule has 0 saturated heterocycles. The van der Waals surface area contributed by atoms with E-state index in [2.05, 4.69) is 48.2 Å². The molecule has 2 aromatic rings. The van der Waals surface area contributed by atoms with Crippen molar-refractivity contribution in [1.29, 1.82) is 0 Å². The molecule has 1 atom stereocenters. The fourth-order valence-corrected chi connectivity index (χ4v) is 3.22. The summed E-state index contributed by atoms with van der Waals surface area (Å²) in [6.07, 6.45) is 1.11. The summed E-state index contributed by atoms with van der Waals surface area (Å²) in [6.45, 7) is 5.02. The SMILES string of the molecule is COc1ccc(C(C)(N)CN2CCc3ccccc3C2)cc1. The first-order valence-electron chi connectivity index (χ1n) is 7.81. The van der Waals surface area contributed by atoms with Crippen molar-refractivity contribution in [2.75, 3.05) is 20.2 Å². The number of rotatable bonds is 4. The summed E-state index contributed by atoms with van der Waals surface area (Å²) in [7, 11) is 1.68. The standard InChI is InChI=1S/C19H24N2O/c1-19(20,17-7-9-18(22-2)10-8-17)14-21-12-11-15-5-3-4-6-16(15)13-21/h3-10H,11-14,20H2,1-2H3. The van der Waals surface area contributed by atoms with Crippen LogP contribution in [0.4, 0.5) is 0 Å². The molecule has 0 bridgehead atoms. The summed E-state index contributed by atoms with van der Waals surface area (Å²) >= 11 is 0. The van der Waals surface area contributed by atoms with Gasteiger partial charge in [-0.3, -0.25) is 4.90 Å². The number of nitrogens with two attached hydrogens (primary N) is 1. The van der Waals surface area contributed by atoms with Gasteiger partial charge in [-0.2, -0.15) is 0 Å². The molecule has 0 amide bonds. The van der Waals surface area contributed by atoms with Crippen molar-refractivity contribution in [3.05, 3.63) is 65.2 Å². The van der Waals surface area contributed by atoms with Crippen LogP contribution in [0.5, 0.6) is 5.75 Å². The van der Waals surface area contributed by atoms with Crippen molar-refractivity contribution in [3.8, 4) is 5.75 Å². The van der Waals surface area contributed by atoms with Crippen molar-refractivity contribution in [1.82, 2.24) is 4.90 Å². The van der Waals surface area contributed by atoms with Crippen LogP contribution in [-0.2, 0) is 18.5 Å². The minimum atomic E-state index is -0.363. The normalized spacial score (nSPS) is 17.6. The number of hydrogen-bond donors (Lipinski definition) is 1. The maximum atomic E-state index is 6.60. The predicted octanol–water partition coefficient (Wildman–Crippen LogP) is 2.93. The summed E-state index contributed by atoms with van der Waals surface area (Å²) in [6, 6.07) is 16.8. The first-order chi connectivity index (χ1) is 10.6. The average molecular weight is 296 g/mol. The summed E-state index contributed by atoms with van der Waals surface area (Å²) in [5.41, 5.74) is 10.3.